The second-order valence-corrected chi connectivity index (χ2v) is 4.01. The van der Waals surface area contributed by atoms with Crippen LogP contribution >= 0.6 is 0 Å². The highest BCUT2D eigenvalue weighted by molar-refractivity contribution is 6.20. The molecular formula is C15H12O4. The molecule has 0 fully saturated rings. The number of carbonyl (C=O) groups is 1. The Bertz CT molecular complexity index is 644. The second kappa shape index (κ2) is 5.27. The fraction of sp³-hybridized carbons (Fsp3) is 0. The molecule has 4 nitrogen and oxygen atoms in total. The van der Waals surface area contributed by atoms with Gasteiger partial charge >= 0.3 is 5.97 Å². The average molecular weight is 256 g/mol. The van der Waals surface area contributed by atoms with E-state index in [2.05, 4.69) is 0 Å². The molecule has 3 N–H and O–H groups in total. The molecule has 0 aliphatic carbocycles. The van der Waals surface area contributed by atoms with Crippen molar-refractivity contribution in [3.05, 3.63) is 59.7 Å². The maximum absolute atomic E-state index is 11.3. The molecule has 0 atom stereocenters. The first-order chi connectivity index (χ1) is 9.06. The van der Waals surface area contributed by atoms with E-state index in [0.717, 1.165) is 0 Å². The van der Waals surface area contributed by atoms with Gasteiger partial charge in [0.2, 0.25) is 0 Å². The summed E-state index contributed by atoms with van der Waals surface area (Å²) < 4.78 is 0. The van der Waals surface area contributed by atoms with E-state index in [1.165, 1.54) is 30.3 Å². The summed E-state index contributed by atoms with van der Waals surface area (Å²) in [5, 5.41) is 28.0. The van der Waals surface area contributed by atoms with Gasteiger partial charge in [0.15, 0.2) is 0 Å². The zero-order valence-electron chi connectivity index (χ0n) is 9.95. The van der Waals surface area contributed by atoms with Crippen LogP contribution in [0.2, 0.25) is 0 Å². The van der Waals surface area contributed by atoms with E-state index in [0.29, 0.717) is 11.1 Å². The molecule has 0 aliphatic heterocycles. The molecule has 2 aromatic rings. The predicted molar refractivity (Wildman–Crippen MR) is 71.7 cm³/mol. The van der Waals surface area contributed by atoms with Crippen molar-refractivity contribution in [2.75, 3.05) is 0 Å². The Morgan fingerprint density at radius 1 is 0.947 bits per heavy atom. The van der Waals surface area contributed by atoms with Crippen molar-refractivity contribution in [3.8, 4) is 11.5 Å². The molecule has 0 aliphatic rings. The number of hydrogen-bond acceptors (Lipinski definition) is 3. The van der Waals surface area contributed by atoms with Gasteiger partial charge in [-0.15, -0.1) is 0 Å². The quantitative estimate of drug-likeness (QED) is 0.583. The van der Waals surface area contributed by atoms with Crippen molar-refractivity contribution in [1.29, 1.82) is 0 Å². The highest BCUT2D eigenvalue weighted by Gasteiger charge is 2.11. The summed E-state index contributed by atoms with van der Waals surface area (Å²) in [6.07, 6.45) is 1.44. The molecule has 4 heteroatoms. The number of hydrogen-bond donors (Lipinski definition) is 3. The van der Waals surface area contributed by atoms with Crippen LogP contribution < -0.4 is 0 Å². The SMILES string of the molecule is O=C(O)/C(=C\c1cccc(O)c1)c1cccc(O)c1. The van der Waals surface area contributed by atoms with Gasteiger partial charge in [-0.1, -0.05) is 24.3 Å². The summed E-state index contributed by atoms with van der Waals surface area (Å²) in [5.41, 5.74) is 1.01. The maximum Gasteiger partial charge on any atom is 0.336 e. The van der Waals surface area contributed by atoms with Crippen molar-refractivity contribution in [2.45, 2.75) is 0 Å². The first kappa shape index (κ1) is 12.7. The Hall–Kier alpha value is -2.75. The summed E-state index contributed by atoms with van der Waals surface area (Å²) in [5.74, 6) is -1.04. The van der Waals surface area contributed by atoms with Crippen molar-refractivity contribution in [2.24, 2.45) is 0 Å². The number of benzene rings is 2. The minimum atomic E-state index is -1.10. The molecule has 0 heterocycles. The smallest absolute Gasteiger partial charge is 0.336 e. The second-order valence-electron chi connectivity index (χ2n) is 4.01. The minimum Gasteiger partial charge on any atom is -0.508 e. The van der Waals surface area contributed by atoms with Crippen LogP contribution in [0.5, 0.6) is 11.5 Å². The van der Waals surface area contributed by atoms with Crippen LogP contribution in [-0.4, -0.2) is 21.3 Å². The number of aromatic hydroxyl groups is 2. The van der Waals surface area contributed by atoms with Crippen LogP contribution in [-0.2, 0) is 4.79 Å². The van der Waals surface area contributed by atoms with Crippen molar-refractivity contribution in [3.63, 3.8) is 0 Å². The van der Waals surface area contributed by atoms with Crippen molar-refractivity contribution >= 4 is 17.6 Å². The van der Waals surface area contributed by atoms with Crippen LogP contribution in [0.3, 0.4) is 0 Å². The number of aliphatic carboxylic acids is 1. The van der Waals surface area contributed by atoms with Crippen LogP contribution in [0.25, 0.3) is 11.6 Å². The van der Waals surface area contributed by atoms with E-state index >= 15 is 0 Å². The largest absolute Gasteiger partial charge is 0.508 e. The van der Waals surface area contributed by atoms with E-state index in [9.17, 15) is 20.1 Å². The Morgan fingerprint density at radius 3 is 2.16 bits per heavy atom. The molecule has 96 valence electrons. The summed E-state index contributed by atoms with van der Waals surface area (Å²) in [7, 11) is 0. The van der Waals surface area contributed by atoms with Gasteiger partial charge in [-0.2, -0.15) is 0 Å². The third-order valence-electron chi connectivity index (χ3n) is 2.57. The fourth-order valence-electron chi connectivity index (χ4n) is 1.72. The molecule has 0 unspecified atom stereocenters. The first-order valence-corrected chi connectivity index (χ1v) is 5.60. The van der Waals surface area contributed by atoms with Gasteiger partial charge in [-0.3, -0.25) is 0 Å². The van der Waals surface area contributed by atoms with Crippen molar-refractivity contribution < 1.29 is 20.1 Å². The number of carboxylic acid groups (broad SMARTS) is 1. The number of carboxylic acids is 1. The first-order valence-electron chi connectivity index (χ1n) is 5.60. The van der Waals surface area contributed by atoms with E-state index in [-0.39, 0.29) is 17.1 Å². The Balaban J connectivity index is 2.49. The summed E-state index contributed by atoms with van der Waals surface area (Å²) in [4.78, 5) is 11.3. The highest BCUT2D eigenvalue weighted by Crippen LogP contribution is 2.23. The Morgan fingerprint density at radius 2 is 1.58 bits per heavy atom. The lowest BCUT2D eigenvalue weighted by atomic mass is 10.0. The maximum atomic E-state index is 11.3. The van der Waals surface area contributed by atoms with Gasteiger partial charge in [-0.05, 0) is 41.5 Å². The van der Waals surface area contributed by atoms with Gasteiger partial charge in [0, 0.05) is 0 Å². The molecule has 0 spiro atoms. The number of rotatable bonds is 3. The van der Waals surface area contributed by atoms with Gasteiger partial charge in [-0.25, -0.2) is 4.79 Å². The summed E-state index contributed by atoms with van der Waals surface area (Å²) in [6.45, 7) is 0. The monoisotopic (exact) mass is 256 g/mol. The molecule has 2 aromatic carbocycles. The lowest BCUT2D eigenvalue weighted by Gasteiger charge is -2.04. The summed E-state index contributed by atoms with van der Waals surface area (Å²) >= 11 is 0. The fourth-order valence-corrected chi connectivity index (χ4v) is 1.72. The highest BCUT2D eigenvalue weighted by atomic mass is 16.4. The van der Waals surface area contributed by atoms with E-state index < -0.39 is 5.97 Å². The molecule has 0 aromatic heterocycles. The lowest BCUT2D eigenvalue weighted by Crippen LogP contribution is -1.99. The predicted octanol–water partition coefficient (Wildman–Crippen LogP) is 2.72. The molecule has 0 bridgehead atoms. The van der Waals surface area contributed by atoms with Gasteiger partial charge in [0.25, 0.3) is 0 Å². The molecule has 0 saturated heterocycles. The third kappa shape index (κ3) is 3.13. The molecule has 19 heavy (non-hydrogen) atoms. The van der Waals surface area contributed by atoms with Crippen LogP contribution in [0.4, 0.5) is 0 Å². The van der Waals surface area contributed by atoms with Gasteiger partial charge in [0.05, 0.1) is 5.57 Å². The van der Waals surface area contributed by atoms with Crippen LogP contribution in [0, 0.1) is 0 Å². The molecule has 0 saturated carbocycles. The molecule has 0 amide bonds. The van der Waals surface area contributed by atoms with Crippen LogP contribution in [0.1, 0.15) is 11.1 Å². The van der Waals surface area contributed by atoms with Crippen LogP contribution in [0.15, 0.2) is 48.5 Å². The summed E-state index contributed by atoms with van der Waals surface area (Å²) in [6, 6.07) is 12.3. The average Bonchev–Trinajstić information content (AvgIpc) is 2.35. The minimum absolute atomic E-state index is 0.000518. The standard InChI is InChI=1S/C15H12O4/c16-12-5-1-3-10(7-12)8-14(15(18)19)11-4-2-6-13(17)9-11/h1-9,16-17H,(H,18,19)/b14-8-. The number of phenolic OH excluding ortho intramolecular Hbond substituents is 2. The third-order valence-corrected chi connectivity index (χ3v) is 2.57. The molecule has 0 radical (unpaired) electrons. The van der Waals surface area contributed by atoms with E-state index in [1.54, 1.807) is 24.3 Å². The van der Waals surface area contributed by atoms with E-state index in [4.69, 9.17) is 0 Å². The normalized spacial score (nSPS) is 11.3. The lowest BCUT2D eigenvalue weighted by molar-refractivity contribution is -0.130. The number of phenols is 2. The Labute approximate surface area is 109 Å². The zero-order valence-corrected chi connectivity index (χ0v) is 9.95. The van der Waals surface area contributed by atoms with E-state index in [1.807, 2.05) is 0 Å². The topological polar surface area (TPSA) is 77.8 Å². The molecule has 2 rings (SSSR count). The Kier molecular flexibility index (Phi) is 3.52. The molecular weight excluding hydrogens is 244 g/mol. The van der Waals surface area contributed by atoms with Gasteiger partial charge in [0.1, 0.15) is 11.5 Å². The van der Waals surface area contributed by atoms with Gasteiger partial charge < -0.3 is 15.3 Å². The van der Waals surface area contributed by atoms with Crippen molar-refractivity contribution in [1.82, 2.24) is 0 Å². The zero-order chi connectivity index (χ0) is 13.8.